The first kappa shape index (κ1) is 13.4. The zero-order valence-electron chi connectivity index (χ0n) is 10.2. The van der Waals surface area contributed by atoms with E-state index in [1.54, 1.807) is 18.2 Å². The van der Waals surface area contributed by atoms with Gasteiger partial charge in [-0.15, -0.1) is 0 Å². The molecule has 2 rings (SSSR count). The highest BCUT2D eigenvalue weighted by atomic mass is 35.5. The molecule has 0 nitrogen and oxygen atoms in total. The monoisotopic (exact) mass is 282 g/mol. The maximum Gasteiger partial charge on any atom is 0.123 e. The van der Waals surface area contributed by atoms with Crippen LogP contribution in [0.4, 0.5) is 4.39 Å². The van der Waals surface area contributed by atoms with Gasteiger partial charge in [0, 0.05) is 10.0 Å². The number of hydrogen-bond acceptors (Lipinski definition) is 0. The SMILES string of the molecule is CC(C)c1ccc(F)cc1-c1cc(Cl)cc(Cl)c1. The fraction of sp³-hybridized carbons (Fsp3) is 0.200. The van der Waals surface area contributed by atoms with Gasteiger partial charge in [0.05, 0.1) is 0 Å². The summed E-state index contributed by atoms with van der Waals surface area (Å²) in [5, 5.41) is 1.10. The number of hydrogen-bond donors (Lipinski definition) is 0. The molecule has 0 aliphatic heterocycles. The van der Waals surface area contributed by atoms with Crippen molar-refractivity contribution in [3.63, 3.8) is 0 Å². The van der Waals surface area contributed by atoms with Gasteiger partial charge in [-0.3, -0.25) is 0 Å². The van der Waals surface area contributed by atoms with Crippen molar-refractivity contribution < 1.29 is 4.39 Å². The maximum atomic E-state index is 13.4. The topological polar surface area (TPSA) is 0 Å². The molecule has 0 spiro atoms. The van der Waals surface area contributed by atoms with E-state index in [2.05, 4.69) is 13.8 Å². The summed E-state index contributed by atoms with van der Waals surface area (Å²) in [6, 6.07) is 10.1. The lowest BCUT2D eigenvalue weighted by Gasteiger charge is -2.13. The third kappa shape index (κ3) is 2.85. The van der Waals surface area contributed by atoms with Crippen molar-refractivity contribution in [2.75, 3.05) is 0 Å². The van der Waals surface area contributed by atoms with Gasteiger partial charge in [0.25, 0.3) is 0 Å². The summed E-state index contributed by atoms with van der Waals surface area (Å²) in [6.45, 7) is 4.14. The van der Waals surface area contributed by atoms with E-state index in [9.17, 15) is 4.39 Å². The van der Waals surface area contributed by atoms with Crippen molar-refractivity contribution >= 4 is 23.2 Å². The van der Waals surface area contributed by atoms with Crippen molar-refractivity contribution in [2.24, 2.45) is 0 Å². The third-order valence-electron chi connectivity index (χ3n) is 2.81. The Kier molecular flexibility index (Phi) is 3.94. The van der Waals surface area contributed by atoms with E-state index < -0.39 is 0 Å². The second-order valence-corrected chi connectivity index (χ2v) is 5.42. The molecule has 0 aliphatic carbocycles. The molecule has 0 N–H and O–H groups in total. The van der Waals surface area contributed by atoms with Gasteiger partial charge < -0.3 is 0 Å². The van der Waals surface area contributed by atoms with Crippen LogP contribution in [-0.4, -0.2) is 0 Å². The number of halogens is 3. The molecule has 2 aromatic rings. The van der Waals surface area contributed by atoms with Gasteiger partial charge >= 0.3 is 0 Å². The quantitative estimate of drug-likeness (QED) is 0.641. The van der Waals surface area contributed by atoms with Gasteiger partial charge in [-0.2, -0.15) is 0 Å². The van der Waals surface area contributed by atoms with Crippen LogP contribution in [0, 0.1) is 5.82 Å². The summed E-state index contributed by atoms with van der Waals surface area (Å²) >= 11 is 12.0. The summed E-state index contributed by atoms with van der Waals surface area (Å²) in [6.07, 6.45) is 0. The van der Waals surface area contributed by atoms with E-state index in [-0.39, 0.29) is 5.82 Å². The lowest BCUT2D eigenvalue weighted by molar-refractivity contribution is 0.627. The van der Waals surface area contributed by atoms with Crippen LogP contribution in [0.2, 0.25) is 10.0 Å². The molecule has 0 atom stereocenters. The predicted molar refractivity (Wildman–Crippen MR) is 75.9 cm³/mol. The molecule has 3 heteroatoms. The molecule has 0 saturated heterocycles. The zero-order valence-corrected chi connectivity index (χ0v) is 11.7. The van der Waals surface area contributed by atoms with Crippen molar-refractivity contribution in [3.8, 4) is 11.1 Å². The van der Waals surface area contributed by atoms with Crippen LogP contribution in [0.1, 0.15) is 25.3 Å². The van der Waals surface area contributed by atoms with Gasteiger partial charge in [0.2, 0.25) is 0 Å². The van der Waals surface area contributed by atoms with Crippen LogP contribution in [0.3, 0.4) is 0 Å². The molecule has 0 amide bonds. The standard InChI is InChI=1S/C15H13Cl2F/c1-9(2)14-4-3-13(18)8-15(14)10-5-11(16)7-12(17)6-10/h3-9H,1-2H3. The Morgan fingerprint density at radius 1 is 0.944 bits per heavy atom. The zero-order chi connectivity index (χ0) is 13.3. The Morgan fingerprint density at radius 3 is 2.11 bits per heavy atom. The van der Waals surface area contributed by atoms with E-state index in [1.165, 1.54) is 12.1 Å². The fourth-order valence-electron chi connectivity index (χ4n) is 1.99. The average molecular weight is 283 g/mol. The van der Waals surface area contributed by atoms with E-state index >= 15 is 0 Å². The van der Waals surface area contributed by atoms with E-state index in [1.807, 2.05) is 6.07 Å². The van der Waals surface area contributed by atoms with Gasteiger partial charge in [-0.1, -0.05) is 43.1 Å². The predicted octanol–water partition coefficient (Wildman–Crippen LogP) is 5.92. The summed E-state index contributed by atoms with van der Waals surface area (Å²) < 4.78 is 13.4. The Labute approximate surface area is 116 Å². The first-order valence-corrected chi connectivity index (χ1v) is 6.49. The normalized spacial score (nSPS) is 11.0. The highest BCUT2D eigenvalue weighted by Gasteiger charge is 2.11. The fourth-order valence-corrected chi connectivity index (χ4v) is 2.52. The molecule has 0 saturated carbocycles. The van der Waals surface area contributed by atoms with E-state index in [4.69, 9.17) is 23.2 Å². The lowest BCUT2D eigenvalue weighted by atomic mass is 9.92. The van der Waals surface area contributed by atoms with Gasteiger partial charge in [0.1, 0.15) is 5.82 Å². The van der Waals surface area contributed by atoms with Crippen molar-refractivity contribution in [2.45, 2.75) is 19.8 Å². The minimum Gasteiger partial charge on any atom is -0.207 e. The lowest BCUT2D eigenvalue weighted by Crippen LogP contribution is -1.93. The van der Waals surface area contributed by atoms with E-state index in [0.29, 0.717) is 16.0 Å². The van der Waals surface area contributed by atoms with Crippen LogP contribution in [0.15, 0.2) is 36.4 Å². The highest BCUT2D eigenvalue weighted by Crippen LogP contribution is 2.33. The molecular formula is C15H13Cl2F. The second kappa shape index (κ2) is 5.29. The van der Waals surface area contributed by atoms with Crippen molar-refractivity contribution in [1.29, 1.82) is 0 Å². The molecule has 0 aromatic heterocycles. The summed E-state index contributed by atoms with van der Waals surface area (Å²) in [5.74, 6) is 0.0452. The van der Waals surface area contributed by atoms with E-state index in [0.717, 1.165) is 16.7 Å². The molecule has 0 heterocycles. The van der Waals surface area contributed by atoms with Crippen molar-refractivity contribution in [3.05, 3.63) is 57.8 Å². The van der Waals surface area contributed by atoms with Crippen molar-refractivity contribution in [1.82, 2.24) is 0 Å². The summed E-state index contributed by atoms with van der Waals surface area (Å²) in [7, 11) is 0. The highest BCUT2D eigenvalue weighted by molar-refractivity contribution is 6.35. The summed E-state index contributed by atoms with van der Waals surface area (Å²) in [4.78, 5) is 0. The summed E-state index contributed by atoms with van der Waals surface area (Å²) in [5.41, 5.74) is 2.76. The largest absolute Gasteiger partial charge is 0.207 e. The van der Waals surface area contributed by atoms with Gasteiger partial charge in [0.15, 0.2) is 0 Å². The Hall–Kier alpha value is -1.05. The average Bonchev–Trinajstić information content (AvgIpc) is 2.27. The van der Waals surface area contributed by atoms with Crippen LogP contribution in [0.25, 0.3) is 11.1 Å². The second-order valence-electron chi connectivity index (χ2n) is 4.54. The van der Waals surface area contributed by atoms with Crippen LogP contribution >= 0.6 is 23.2 Å². The molecule has 0 radical (unpaired) electrons. The minimum atomic E-state index is -0.259. The van der Waals surface area contributed by atoms with Gasteiger partial charge in [-0.25, -0.2) is 4.39 Å². The molecule has 2 aromatic carbocycles. The maximum absolute atomic E-state index is 13.4. The Bertz CT molecular complexity index is 556. The van der Waals surface area contributed by atoms with Crippen LogP contribution in [-0.2, 0) is 0 Å². The van der Waals surface area contributed by atoms with Crippen LogP contribution < -0.4 is 0 Å². The Morgan fingerprint density at radius 2 is 1.56 bits per heavy atom. The van der Waals surface area contributed by atoms with Crippen LogP contribution in [0.5, 0.6) is 0 Å². The molecule has 18 heavy (non-hydrogen) atoms. The first-order chi connectivity index (χ1) is 8.47. The molecule has 0 aliphatic rings. The number of benzene rings is 2. The molecule has 0 bridgehead atoms. The van der Waals surface area contributed by atoms with Gasteiger partial charge in [-0.05, 0) is 52.9 Å². The third-order valence-corrected chi connectivity index (χ3v) is 3.25. The smallest absolute Gasteiger partial charge is 0.123 e. The minimum absolute atomic E-state index is 0.259. The Balaban J connectivity index is 2.65. The molecule has 94 valence electrons. The molecule has 0 unspecified atom stereocenters. The molecule has 0 fully saturated rings. The first-order valence-electron chi connectivity index (χ1n) is 5.73. The number of rotatable bonds is 2. The molecular weight excluding hydrogens is 270 g/mol.